The zero-order valence-corrected chi connectivity index (χ0v) is 12.4. The molecule has 0 bridgehead atoms. The van der Waals surface area contributed by atoms with Gasteiger partial charge in [-0.05, 0) is 42.9 Å². The molecule has 0 atom stereocenters. The Kier molecular flexibility index (Phi) is 4.22. The summed E-state index contributed by atoms with van der Waals surface area (Å²) < 4.78 is 1.60. The number of halogens is 2. The number of hydrogen-bond donors (Lipinski definition) is 1. The highest BCUT2D eigenvalue weighted by Crippen LogP contribution is 2.46. The molecule has 0 saturated heterocycles. The van der Waals surface area contributed by atoms with Crippen LogP contribution in [0.1, 0.15) is 18.4 Å². The lowest BCUT2D eigenvalue weighted by Gasteiger charge is -2.13. The highest BCUT2D eigenvalue weighted by Gasteiger charge is 2.41. The first kappa shape index (κ1) is 12.7. The Morgan fingerprint density at radius 2 is 2.25 bits per heavy atom. The number of thioether (sulfide) groups is 1. The maximum Gasteiger partial charge on any atom is 0.0451 e. The van der Waals surface area contributed by atoms with Gasteiger partial charge >= 0.3 is 0 Å². The standard InChI is InChI=1S/C12H15BrClNS/c1-16-12(4-5-12)8-15-7-9-6-10(13)2-3-11(9)14/h2-3,6,15H,4-5,7-8H2,1H3. The van der Waals surface area contributed by atoms with Crippen LogP contribution in [0.3, 0.4) is 0 Å². The van der Waals surface area contributed by atoms with E-state index in [0.29, 0.717) is 4.75 Å². The van der Waals surface area contributed by atoms with Crippen molar-refractivity contribution < 1.29 is 0 Å². The van der Waals surface area contributed by atoms with Crippen LogP contribution in [0.2, 0.25) is 5.02 Å². The summed E-state index contributed by atoms with van der Waals surface area (Å²) in [5.41, 5.74) is 1.16. The molecule has 2 rings (SSSR count). The number of nitrogens with one attached hydrogen (secondary N) is 1. The van der Waals surface area contributed by atoms with Crippen molar-refractivity contribution in [2.45, 2.75) is 24.1 Å². The van der Waals surface area contributed by atoms with Crippen LogP contribution in [0.15, 0.2) is 22.7 Å². The van der Waals surface area contributed by atoms with Gasteiger partial charge in [-0.25, -0.2) is 0 Å². The molecule has 1 aromatic carbocycles. The molecule has 1 aliphatic rings. The smallest absolute Gasteiger partial charge is 0.0451 e. The molecule has 0 aliphatic heterocycles. The Balaban J connectivity index is 1.87. The van der Waals surface area contributed by atoms with Crippen LogP contribution in [-0.2, 0) is 6.54 Å². The second-order valence-corrected chi connectivity index (χ2v) is 6.82. The molecule has 88 valence electrons. The monoisotopic (exact) mass is 319 g/mol. The highest BCUT2D eigenvalue weighted by molar-refractivity contribution is 9.10. The van der Waals surface area contributed by atoms with Gasteiger partial charge in [-0.15, -0.1) is 0 Å². The minimum atomic E-state index is 0.512. The summed E-state index contributed by atoms with van der Waals surface area (Å²) in [6, 6.07) is 5.98. The molecule has 1 aromatic rings. The molecule has 0 unspecified atom stereocenters. The zero-order chi connectivity index (χ0) is 11.6. The van der Waals surface area contributed by atoms with E-state index >= 15 is 0 Å². The zero-order valence-electron chi connectivity index (χ0n) is 9.22. The molecule has 0 heterocycles. The number of hydrogen-bond acceptors (Lipinski definition) is 2. The van der Waals surface area contributed by atoms with Crippen LogP contribution in [-0.4, -0.2) is 17.5 Å². The Hall–Kier alpha value is 0.300. The largest absolute Gasteiger partial charge is 0.311 e. The minimum absolute atomic E-state index is 0.512. The predicted octanol–water partition coefficient (Wildman–Crippen LogP) is 4.09. The van der Waals surface area contributed by atoms with E-state index in [9.17, 15) is 0 Å². The van der Waals surface area contributed by atoms with E-state index in [1.54, 1.807) is 0 Å². The van der Waals surface area contributed by atoms with Gasteiger partial charge in [-0.3, -0.25) is 0 Å². The first-order valence-corrected chi connectivity index (χ1v) is 7.75. The van der Waals surface area contributed by atoms with Crippen molar-refractivity contribution in [2.24, 2.45) is 0 Å². The van der Waals surface area contributed by atoms with Crippen LogP contribution in [0.25, 0.3) is 0 Å². The molecule has 1 N–H and O–H groups in total. The predicted molar refractivity (Wildman–Crippen MR) is 76.3 cm³/mol. The van der Waals surface area contributed by atoms with Crippen LogP contribution >= 0.6 is 39.3 Å². The van der Waals surface area contributed by atoms with E-state index in [2.05, 4.69) is 33.6 Å². The first-order valence-electron chi connectivity index (χ1n) is 5.35. The van der Waals surface area contributed by atoms with E-state index in [1.807, 2.05) is 23.9 Å². The Morgan fingerprint density at radius 1 is 1.50 bits per heavy atom. The van der Waals surface area contributed by atoms with Gasteiger partial charge in [0.15, 0.2) is 0 Å². The van der Waals surface area contributed by atoms with Gasteiger partial charge in [0, 0.05) is 27.3 Å². The third-order valence-corrected chi connectivity index (χ3v) is 5.29. The molecule has 4 heteroatoms. The number of rotatable bonds is 5. The normalized spacial score (nSPS) is 17.4. The molecule has 0 spiro atoms. The Bertz CT molecular complexity index is 379. The minimum Gasteiger partial charge on any atom is -0.311 e. The van der Waals surface area contributed by atoms with Gasteiger partial charge in [-0.1, -0.05) is 27.5 Å². The summed E-state index contributed by atoms with van der Waals surface area (Å²) in [5.74, 6) is 0. The summed E-state index contributed by atoms with van der Waals surface area (Å²) >= 11 is 11.6. The second-order valence-electron chi connectivity index (χ2n) is 4.23. The molecular weight excluding hydrogens is 306 g/mol. The summed E-state index contributed by atoms with van der Waals surface area (Å²) in [7, 11) is 0. The van der Waals surface area contributed by atoms with Crippen LogP contribution in [0.4, 0.5) is 0 Å². The van der Waals surface area contributed by atoms with Crippen molar-refractivity contribution >= 4 is 39.3 Å². The van der Waals surface area contributed by atoms with Crippen molar-refractivity contribution in [1.29, 1.82) is 0 Å². The molecule has 1 aliphatic carbocycles. The van der Waals surface area contributed by atoms with E-state index in [1.165, 1.54) is 12.8 Å². The van der Waals surface area contributed by atoms with Crippen LogP contribution in [0.5, 0.6) is 0 Å². The molecule has 16 heavy (non-hydrogen) atoms. The average molecular weight is 321 g/mol. The third kappa shape index (κ3) is 3.16. The summed E-state index contributed by atoms with van der Waals surface area (Å²) in [4.78, 5) is 0. The van der Waals surface area contributed by atoms with Crippen molar-refractivity contribution in [1.82, 2.24) is 5.32 Å². The van der Waals surface area contributed by atoms with Crippen LogP contribution in [0, 0.1) is 0 Å². The molecule has 0 amide bonds. The molecule has 1 fully saturated rings. The molecule has 0 radical (unpaired) electrons. The maximum absolute atomic E-state index is 6.13. The van der Waals surface area contributed by atoms with Gasteiger partial charge < -0.3 is 5.32 Å². The quantitative estimate of drug-likeness (QED) is 0.877. The number of benzene rings is 1. The van der Waals surface area contributed by atoms with Crippen molar-refractivity contribution in [2.75, 3.05) is 12.8 Å². The van der Waals surface area contributed by atoms with E-state index < -0.39 is 0 Å². The van der Waals surface area contributed by atoms with Gasteiger partial charge in [0.1, 0.15) is 0 Å². The third-order valence-electron chi connectivity index (χ3n) is 3.01. The van der Waals surface area contributed by atoms with Gasteiger partial charge in [0.05, 0.1) is 0 Å². The summed E-state index contributed by atoms with van der Waals surface area (Å²) in [6.45, 7) is 1.93. The lowest BCUT2D eigenvalue weighted by molar-refractivity contribution is 0.663. The molecule has 1 nitrogen and oxygen atoms in total. The topological polar surface area (TPSA) is 12.0 Å². The SMILES string of the molecule is CSC1(CNCc2cc(Br)ccc2Cl)CC1. The van der Waals surface area contributed by atoms with Gasteiger partial charge in [0.25, 0.3) is 0 Å². The van der Waals surface area contributed by atoms with Crippen molar-refractivity contribution in [3.05, 3.63) is 33.3 Å². The Morgan fingerprint density at radius 3 is 2.88 bits per heavy atom. The fourth-order valence-corrected chi connectivity index (χ4v) is 3.05. The van der Waals surface area contributed by atoms with E-state index in [4.69, 9.17) is 11.6 Å². The average Bonchev–Trinajstić information content (AvgIpc) is 3.04. The molecule has 1 saturated carbocycles. The van der Waals surface area contributed by atoms with Crippen molar-refractivity contribution in [3.63, 3.8) is 0 Å². The highest BCUT2D eigenvalue weighted by atomic mass is 79.9. The first-order chi connectivity index (χ1) is 7.65. The fraction of sp³-hybridized carbons (Fsp3) is 0.500. The fourth-order valence-electron chi connectivity index (χ4n) is 1.70. The Labute approximate surface area is 114 Å². The maximum atomic E-state index is 6.13. The lowest BCUT2D eigenvalue weighted by Crippen LogP contribution is -2.25. The summed E-state index contributed by atoms with van der Waals surface area (Å²) in [5, 5.41) is 4.33. The molecule has 0 aromatic heterocycles. The van der Waals surface area contributed by atoms with E-state index in [-0.39, 0.29) is 0 Å². The molecular formula is C12H15BrClNS. The second kappa shape index (κ2) is 5.30. The van der Waals surface area contributed by atoms with Crippen molar-refractivity contribution in [3.8, 4) is 0 Å². The lowest BCUT2D eigenvalue weighted by atomic mass is 10.2. The van der Waals surface area contributed by atoms with Crippen LogP contribution < -0.4 is 5.32 Å². The van der Waals surface area contributed by atoms with Gasteiger partial charge in [0.2, 0.25) is 0 Å². The van der Waals surface area contributed by atoms with E-state index in [0.717, 1.165) is 28.1 Å². The summed E-state index contributed by atoms with van der Waals surface area (Å²) in [6.07, 6.45) is 4.88. The van der Waals surface area contributed by atoms with Gasteiger partial charge in [-0.2, -0.15) is 11.8 Å².